The SMILES string of the molecule is Cc1ccc(-c2n[nH]c3c2C(c2cccc(F)c2)N(CC(C)C)C3=O)cc1. The third-order valence-corrected chi connectivity index (χ3v) is 4.92. The van der Waals surface area contributed by atoms with Gasteiger partial charge in [0.05, 0.1) is 11.7 Å². The Kier molecular flexibility index (Phi) is 4.30. The molecule has 3 aromatic rings. The fraction of sp³-hybridized carbons (Fsp3) is 0.273. The van der Waals surface area contributed by atoms with Gasteiger partial charge < -0.3 is 4.90 Å². The molecule has 1 atom stereocenters. The molecule has 4 rings (SSSR count). The van der Waals surface area contributed by atoms with Crippen LogP contribution in [0.15, 0.2) is 48.5 Å². The summed E-state index contributed by atoms with van der Waals surface area (Å²) in [5.41, 5.74) is 4.94. The van der Waals surface area contributed by atoms with Crippen LogP contribution in [0.1, 0.15) is 47.1 Å². The van der Waals surface area contributed by atoms with E-state index in [1.807, 2.05) is 42.2 Å². The van der Waals surface area contributed by atoms with Crippen LogP contribution in [0.4, 0.5) is 4.39 Å². The lowest BCUT2D eigenvalue weighted by Gasteiger charge is -2.28. The summed E-state index contributed by atoms with van der Waals surface area (Å²) in [7, 11) is 0. The van der Waals surface area contributed by atoms with Crippen molar-refractivity contribution >= 4 is 5.91 Å². The molecule has 0 saturated heterocycles. The van der Waals surface area contributed by atoms with E-state index in [4.69, 9.17) is 0 Å². The molecule has 5 heteroatoms. The molecule has 1 unspecified atom stereocenters. The highest BCUT2D eigenvalue weighted by atomic mass is 19.1. The first kappa shape index (κ1) is 17.5. The summed E-state index contributed by atoms with van der Waals surface area (Å²) < 4.78 is 14.0. The molecule has 1 aromatic heterocycles. The molecular formula is C22H22FN3O. The van der Waals surface area contributed by atoms with E-state index in [9.17, 15) is 9.18 Å². The number of benzene rings is 2. The van der Waals surface area contributed by atoms with Gasteiger partial charge in [0.2, 0.25) is 0 Å². The first-order valence-corrected chi connectivity index (χ1v) is 9.17. The maximum absolute atomic E-state index is 14.0. The minimum atomic E-state index is -0.347. The Morgan fingerprint density at radius 1 is 1.19 bits per heavy atom. The van der Waals surface area contributed by atoms with E-state index in [1.165, 1.54) is 12.1 Å². The third kappa shape index (κ3) is 3.03. The van der Waals surface area contributed by atoms with Crippen molar-refractivity contribution in [2.45, 2.75) is 26.8 Å². The molecular weight excluding hydrogens is 341 g/mol. The zero-order valence-corrected chi connectivity index (χ0v) is 15.7. The number of halogens is 1. The first-order valence-electron chi connectivity index (χ1n) is 9.17. The van der Waals surface area contributed by atoms with Gasteiger partial charge in [-0.3, -0.25) is 9.89 Å². The van der Waals surface area contributed by atoms with Crippen LogP contribution in [-0.2, 0) is 0 Å². The van der Waals surface area contributed by atoms with Crippen LogP contribution in [0.25, 0.3) is 11.3 Å². The predicted octanol–water partition coefficient (Wildman–Crippen LogP) is 4.73. The quantitative estimate of drug-likeness (QED) is 0.729. The highest BCUT2D eigenvalue weighted by Gasteiger charge is 2.42. The standard InChI is InChI=1S/C22H22FN3O/c1-13(2)12-26-21(16-5-4-6-17(23)11-16)18-19(24-25-20(18)22(26)27)15-9-7-14(3)8-10-15/h4-11,13,21H,12H2,1-3H3,(H,24,25). The van der Waals surface area contributed by atoms with Gasteiger partial charge in [-0.2, -0.15) is 5.10 Å². The Hall–Kier alpha value is -2.95. The van der Waals surface area contributed by atoms with Crippen molar-refractivity contribution in [3.05, 3.63) is 76.7 Å². The molecule has 138 valence electrons. The fourth-order valence-electron chi connectivity index (χ4n) is 3.73. The second-order valence-corrected chi connectivity index (χ2v) is 7.54. The molecule has 2 heterocycles. The number of amides is 1. The van der Waals surface area contributed by atoms with Crippen LogP contribution >= 0.6 is 0 Å². The summed E-state index contributed by atoms with van der Waals surface area (Å²) in [6.45, 7) is 6.77. The van der Waals surface area contributed by atoms with Crippen LogP contribution in [0, 0.1) is 18.7 Å². The molecule has 1 aliphatic rings. The Labute approximate surface area is 158 Å². The molecule has 0 radical (unpaired) electrons. The summed E-state index contributed by atoms with van der Waals surface area (Å²) in [5, 5.41) is 7.37. The van der Waals surface area contributed by atoms with E-state index in [1.54, 1.807) is 6.07 Å². The van der Waals surface area contributed by atoms with E-state index >= 15 is 0 Å². The van der Waals surface area contributed by atoms with Gasteiger partial charge in [0, 0.05) is 17.7 Å². The van der Waals surface area contributed by atoms with E-state index in [0.29, 0.717) is 18.2 Å². The van der Waals surface area contributed by atoms with Gasteiger partial charge in [0.15, 0.2) is 0 Å². The molecule has 1 N–H and O–H groups in total. The number of aromatic amines is 1. The van der Waals surface area contributed by atoms with Crippen molar-refractivity contribution in [2.75, 3.05) is 6.54 Å². The van der Waals surface area contributed by atoms with Crippen molar-refractivity contribution in [3.8, 4) is 11.3 Å². The van der Waals surface area contributed by atoms with Crippen molar-refractivity contribution < 1.29 is 9.18 Å². The van der Waals surface area contributed by atoms with Gasteiger partial charge in [-0.05, 0) is 30.5 Å². The lowest BCUT2D eigenvalue weighted by atomic mass is 9.95. The van der Waals surface area contributed by atoms with E-state index < -0.39 is 0 Å². The molecule has 0 saturated carbocycles. The van der Waals surface area contributed by atoms with Crippen LogP contribution in [0.3, 0.4) is 0 Å². The smallest absolute Gasteiger partial charge is 0.273 e. The Morgan fingerprint density at radius 2 is 1.93 bits per heavy atom. The van der Waals surface area contributed by atoms with Crippen molar-refractivity contribution in [2.24, 2.45) is 5.92 Å². The topological polar surface area (TPSA) is 49.0 Å². The molecule has 0 fully saturated rings. The monoisotopic (exact) mass is 363 g/mol. The maximum atomic E-state index is 14.0. The largest absolute Gasteiger partial charge is 0.326 e. The Morgan fingerprint density at radius 3 is 2.59 bits per heavy atom. The number of rotatable bonds is 4. The minimum Gasteiger partial charge on any atom is -0.326 e. The van der Waals surface area contributed by atoms with Gasteiger partial charge in [-0.1, -0.05) is 55.8 Å². The summed E-state index contributed by atoms with van der Waals surface area (Å²) in [5.74, 6) is -0.0955. The number of hydrogen-bond donors (Lipinski definition) is 1. The lowest BCUT2D eigenvalue weighted by Crippen LogP contribution is -2.32. The fourth-order valence-corrected chi connectivity index (χ4v) is 3.73. The molecule has 1 amide bonds. The summed E-state index contributed by atoms with van der Waals surface area (Å²) in [4.78, 5) is 14.9. The zero-order valence-electron chi connectivity index (χ0n) is 15.7. The van der Waals surface area contributed by atoms with Gasteiger partial charge >= 0.3 is 0 Å². The number of hydrogen-bond acceptors (Lipinski definition) is 2. The van der Waals surface area contributed by atoms with Crippen LogP contribution in [0.2, 0.25) is 0 Å². The number of fused-ring (bicyclic) bond motifs is 1. The van der Waals surface area contributed by atoms with E-state index in [-0.39, 0.29) is 17.8 Å². The molecule has 27 heavy (non-hydrogen) atoms. The number of aryl methyl sites for hydroxylation is 1. The van der Waals surface area contributed by atoms with Gasteiger partial charge in [-0.15, -0.1) is 0 Å². The third-order valence-electron chi connectivity index (χ3n) is 4.92. The number of carbonyl (C=O) groups excluding carboxylic acids is 1. The van der Waals surface area contributed by atoms with Crippen molar-refractivity contribution in [1.82, 2.24) is 15.1 Å². The lowest BCUT2D eigenvalue weighted by molar-refractivity contribution is 0.0722. The molecule has 4 nitrogen and oxygen atoms in total. The number of carbonyl (C=O) groups is 1. The average molecular weight is 363 g/mol. The van der Waals surface area contributed by atoms with Crippen LogP contribution < -0.4 is 0 Å². The molecule has 0 bridgehead atoms. The number of nitrogens with one attached hydrogen (secondary N) is 1. The number of nitrogens with zero attached hydrogens (tertiary/aromatic N) is 2. The maximum Gasteiger partial charge on any atom is 0.273 e. The molecule has 2 aromatic carbocycles. The van der Waals surface area contributed by atoms with Gasteiger partial charge in [-0.25, -0.2) is 4.39 Å². The summed E-state index contributed by atoms with van der Waals surface area (Å²) >= 11 is 0. The van der Waals surface area contributed by atoms with Gasteiger partial charge in [0.25, 0.3) is 5.91 Å². The Balaban J connectivity index is 1.89. The molecule has 1 aliphatic heterocycles. The number of H-pyrrole nitrogens is 1. The van der Waals surface area contributed by atoms with E-state index in [2.05, 4.69) is 24.0 Å². The molecule has 0 spiro atoms. The average Bonchev–Trinajstić information content (AvgIpc) is 3.15. The van der Waals surface area contributed by atoms with Crippen molar-refractivity contribution in [1.29, 1.82) is 0 Å². The first-order chi connectivity index (χ1) is 13.0. The number of aromatic nitrogens is 2. The second kappa shape index (κ2) is 6.65. The highest BCUT2D eigenvalue weighted by molar-refractivity contribution is 6.00. The van der Waals surface area contributed by atoms with E-state index in [0.717, 1.165) is 27.9 Å². The van der Waals surface area contributed by atoms with Crippen LogP contribution in [0.5, 0.6) is 0 Å². The molecule has 0 aliphatic carbocycles. The van der Waals surface area contributed by atoms with Crippen molar-refractivity contribution in [3.63, 3.8) is 0 Å². The second-order valence-electron chi connectivity index (χ2n) is 7.54. The van der Waals surface area contributed by atoms with Crippen LogP contribution in [-0.4, -0.2) is 27.5 Å². The minimum absolute atomic E-state index is 0.0844. The van der Waals surface area contributed by atoms with Gasteiger partial charge in [0.1, 0.15) is 11.5 Å². The summed E-state index contributed by atoms with van der Waals surface area (Å²) in [6.07, 6.45) is 0. The predicted molar refractivity (Wildman–Crippen MR) is 103 cm³/mol. The summed E-state index contributed by atoms with van der Waals surface area (Å²) in [6, 6.07) is 14.2. The zero-order chi connectivity index (χ0) is 19.1. The normalized spacial score (nSPS) is 16.3. The Bertz CT molecular complexity index is 991. The highest BCUT2D eigenvalue weighted by Crippen LogP contribution is 2.43.